The van der Waals surface area contributed by atoms with Crippen LogP contribution in [0.5, 0.6) is 0 Å². The summed E-state index contributed by atoms with van der Waals surface area (Å²) < 4.78 is 0. The van der Waals surface area contributed by atoms with Gasteiger partial charge >= 0.3 is 0 Å². The summed E-state index contributed by atoms with van der Waals surface area (Å²) in [6.07, 6.45) is 0.376. The zero-order valence-electron chi connectivity index (χ0n) is 16.1. The van der Waals surface area contributed by atoms with Crippen molar-refractivity contribution in [1.29, 1.82) is 0 Å². The summed E-state index contributed by atoms with van der Waals surface area (Å²) >= 11 is 0. The molecule has 0 unspecified atom stereocenters. The second-order valence-corrected chi connectivity index (χ2v) is 9.42. The first-order chi connectivity index (χ1) is 10.0. The molecule has 0 aromatic heterocycles. The molecule has 1 heterocycles. The van der Waals surface area contributed by atoms with E-state index >= 15 is 0 Å². The lowest BCUT2D eigenvalue weighted by Crippen LogP contribution is -2.56. The van der Waals surface area contributed by atoms with Crippen LogP contribution in [0.15, 0.2) is 0 Å². The fraction of sp³-hybridized carbons (Fsp3) is 0.889. The number of carbonyl (C=O) groups excluding carboxylic acids is 2. The molecule has 1 N–H and O–H groups in total. The number of nitrogens with zero attached hydrogens (tertiary/aromatic N) is 1. The van der Waals surface area contributed by atoms with Crippen molar-refractivity contribution < 1.29 is 19.5 Å². The van der Waals surface area contributed by atoms with Gasteiger partial charge < -0.3 is 5.11 Å². The number of hydroxylamine groups is 2. The molecule has 0 spiro atoms. The maximum Gasteiger partial charge on any atom is 0.251 e. The zero-order chi connectivity index (χ0) is 18.4. The van der Waals surface area contributed by atoms with Crippen LogP contribution < -0.4 is 0 Å². The molecular formula is C18H33NO4. The van der Waals surface area contributed by atoms with E-state index in [4.69, 9.17) is 4.84 Å². The SMILES string of the molecule is CC(C)C(=O)N1O[C@](C)(CC(=O)C(C)(C)C)C[C@]1(O)C(C)(C)C. The highest BCUT2D eigenvalue weighted by molar-refractivity contribution is 5.84. The highest BCUT2D eigenvalue weighted by Crippen LogP contribution is 2.49. The molecule has 1 fully saturated rings. The Labute approximate surface area is 140 Å². The fourth-order valence-corrected chi connectivity index (χ4v) is 2.65. The summed E-state index contributed by atoms with van der Waals surface area (Å²) in [5.74, 6) is -0.519. The summed E-state index contributed by atoms with van der Waals surface area (Å²) in [4.78, 5) is 30.9. The Morgan fingerprint density at radius 1 is 1.17 bits per heavy atom. The van der Waals surface area contributed by atoms with Gasteiger partial charge in [-0.25, -0.2) is 0 Å². The van der Waals surface area contributed by atoms with Crippen LogP contribution >= 0.6 is 0 Å². The predicted octanol–water partition coefficient (Wildman–Crippen LogP) is 3.31. The third kappa shape index (κ3) is 3.94. The van der Waals surface area contributed by atoms with Crippen molar-refractivity contribution in [2.45, 2.75) is 86.5 Å². The second kappa shape index (κ2) is 5.85. The van der Waals surface area contributed by atoms with Gasteiger partial charge in [0.15, 0.2) is 5.72 Å². The van der Waals surface area contributed by atoms with Gasteiger partial charge in [-0.1, -0.05) is 55.4 Å². The lowest BCUT2D eigenvalue weighted by Gasteiger charge is -2.41. The Morgan fingerprint density at radius 2 is 1.65 bits per heavy atom. The van der Waals surface area contributed by atoms with Crippen LogP contribution in [0.4, 0.5) is 0 Å². The molecule has 23 heavy (non-hydrogen) atoms. The standard InChI is InChI=1S/C18H33NO4/c1-12(2)14(21)19-18(22,16(6,7)8)11-17(9,23-19)10-13(20)15(3,4)5/h12,22H,10-11H2,1-9H3/t17-,18+/m1/s1. The monoisotopic (exact) mass is 327 g/mol. The summed E-state index contributed by atoms with van der Waals surface area (Å²) in [5.41, 5.74) is -3.42. The molecule has 134 valence electrons. The van der Waals surface area contributed by atoms with Gasteiger partial charge in [0.1, 0.15) is 11.4 Å². The van der Waals surface area contributed by atoms with E-state index in [0.29, 0.717) is 0 Å². The molecule has 0 saturated carbocycles. The first kappa shape index (κ1) is 20.1. The van der Waals surface area contributed by atoms with Crippen LogP contribution in [0, 0.1) is 16.7 Å². The van der Waals surface area contributed by atoms with Crippen molar-refractivity contribution >= 4 is 11.7 Å². The molecule has 5 heteroatoms. The average Bonchev–Trinajstić information content (AvgIpc) is 2.59. The van der Waals surface area contributed by atoms with Crippen LogP contribution in [0.3, 0.4) is 0 Å². The van der Waals surface area contributed by atoms with E-state index in [0.717, 1.165) is 5.06 Å². The Morgan fingerprint density at radius 3 is 2.00 bits per heavy atom. The van der Waals surface area contributed by atoms with Gasteiger partial charge in [0.25, 0.3) is 5.91 Å². The highest BCUT2D eigenvalue weighted by atomic mass is 16.7. The number of hydrogen-bond acceptors (Lipinski definition) is 4. The number of rotatable bonds is 3. The van der Waals surface area contributed by atoms with E-state index in [1.165, 1.54) is 0 Å². The Bertz CT molecular complexity index is 486. The van der Waals surface area contributed by atoms with Crippen molar-refractivity contribution in [2.75, 3.05) is 0 Å². The van der Waals surface area contributed by atoms with E-state index in [9.17, 15) is 14.7 Å². The van der Waals surface area contributed by atoms with E-state index in [2.05, 4.69) is 0 Å². The van der Waals surface area contributed by atoms with E-state index in [-0.39, 0.29) is 30.4 Å². The number of Topliss-reactive ketones (excluding diaryl/α,β-unsaturated/α-hetero) is 1. The number of hydrogen-bond donors (Lipinski definition) is 1. The van der Waals surface area contributed by atoms with Crippen molar-refractivity contribution in [2.24, 2.45) is 16.7 Å². The largest absolute Gasteiger partial charge is 0.368 e. The van der Waals surface area contributed by atoms with Gasteiger partial charge in [0, 0.05) is 29.6 Å². The molecule has 0 aromatic carbocycles. The average molecular weight is 327 g/mol. The number of aliphatic hydroxyl groups is 1. The highest BCUT2D eigenvalue weighted by Gasteiger charge is 2.60. The molecular weight excluding hydrogens is 294 g/mol. The van der Waals surface area contributed by atoms with Crippen molar-refractivity contribution in [3.8, 4) is 0 Å². The minimum atomic E-state index is -1.44. The molecule has 1 aliphatic rings. The van der Waals surface area contributed by atoms with Gasteiger partial charge in [-0.2, -0.15) is 5.06 Å². The minimum absolute atomic E-state index is 0.0510. The van der Waals surface area contributed by atoms with Crippen molar-refractivity contribution in [3.63, 3.8) is 0 Å². The molecule has 0 aliphatic carbocycles. The quantitative estimate of drug-likeness (QED) is 0.863. The molecule has 0 radical (unpaired) electrons. The Hall–Kier alpha value is -0.940. The summed E-state index contributed by atoms with van der Waals surface area (Å²) in [6.45, 7) is 16.5. The lowest BCUT2D eigenvalue weighted by atomic mass is 9.75. The smallest absolute Gasteiger partial charge is 0.251 e. The Balaban J connectivity index is 3.19. The van der Waals surface area contributed by atoms with Gasteiger partial charge in [-0.3, -0.25) is 14.4 Å². The van der Waals surface area contributed by atoms with Crippen LogP contribution in [0.25, 0.3) is 0 Å². The zero-order valence-corrected chi connectivity index (χ0v) is 16.1. The lowest BCUT2D eigenvalue weighted by molar-refractivity contribution is -0.278. The van der Waals surface area contributed by atoms with Gasteiger partial charge in [0.2, 0.25) is 0 Å². The molecule has 1 amide bonds. The van der Waals surface area contributed by atoms with Crippen LogP contribution in [0.2, 0.25) is 0 Å². The maximum atomic E-state index is 12.5. The summed E-state index contributed by atoms with van der Waals surface area (Å²) in [7, 11) is 0. The molecule has 1 rings (SSSR count). The normalized spacial score (nSPS) is 29.3. The van der Waals surface area contributed by atoms with Gasteiger partial charge in [0.05, 0.1) is 0 Å². The van der Waals surface area contributed by atoms with Crippen molar-refractivity contribution in [1.82, 2.24) is 5.06 Å². The minimum Gasteiger partial charge on any atom is -0.368 e. The molecule has 1 aliphatic heterocycles. The van der Waals surface area contributed by atoms with Gasteiger partial charge in [-0.15, -0.1) is 0 Å². The third-order valence-corrected chi connectivity index (χ3v) is 4.53. The first-order valence-electron chi connectivity index (χ1n) is 8.32. The third-order valence-electron chi connectivity index (χ3n) is 4.53. The summed E-state index contributed by atoms with van der Waals surface area (Å²) in [5, 5.41) is 12.3. The number of carbonyl (C=O) groups is 2. The van der Waals surface area contributed by atoms with Gasteiger partial charge in [-0.05, 0) is 6.92 Å². The molecule has 0 aromatic rings. The van der Waals surface area contributed by atoms with Crippen LogP contribution in [-0.4, -0.2) is 33.2 Å². The maximum absolute atomic E-state index is 12.5. The van der Waals surface area contributed by atoms with E-state index in [1.54, 1.807) is 20.8 Å². The fourth-order valence-electron chi connectivity index (χ4n) is 2.65. The molecule has 2 atom stereocenters. The van der Waals surface area contributed by atoms with E-state index in [1.807, 2.05) is 41.5 Å². The second-order valence-electron chi connectivity index (χ2n) is 9.42. The Kier molecular flexibility index (Phi) is 5.11. The number of amides is 1. The predicted molar refractivity (Wildman–Crippen MR) is 89.3 cm³/mol. The molecule has 1 saturated heterocycles. The van der Waals surface area contributed by atoms with Crippen LogP contribution in [-0.2, 0) is 14.4 Å². The molecule has 5 nitrogen and oxygen atoms in total. The topological polar surface area (TPSA) is 66.8 Å². The number of ketones is 1. The van der Waals surface area contributed by atoms with Crippen molar-refractivity contribution in [3.05, 3.63) is 0 Å². The first-order valence-corrected chi connectivity index (χ1v) is 8.32. The van der Waals surface area contributed by atoms with E-state index < -0.39 is 22.2 Å². The van der Waals surface area contributed by atoms with Crippen LogP contribution in [0.1, 0.15) is 75.2 Å². The molecule has 0 bridgehead atoms. The summed E-state index contributed by atoms with van der Waals surface area (Å²) in [6, 6.07) is 0.